The second-order valence-corrected chi connectivity index (χ2v) is 11.9. The van der Waals surface area contributed by atoms with Gasteiger partial charge in [0.15, 0.2) is 0 Å². The van der Waals surface area contributed by atoms with Gasteiger partial charge in [-0.25, -0.2) is 4.99 Å². The number of carbonyl (C=O) groups is 1. The van der Waals surface area contributed by atoms with E-state index in [2.05, 4.69) is 4.99 Å². The van der Waals surface area contributed by atoms with Gasteiger partial charge in [0.1, 0.15) is 11.8 Å². The van der Waals surface area contributed by atoms with Gasteiger partial charge in [-0.3, -0.25) is 4.79 Å². The van der Waals surface area contributed by atoms with Crippen LogP contribution in [0.2, 0.25) is 5.02 Å². The van der Waals surface area contributed by atoms with Crippen molar-refractivity contribution in [3.63, 3.8) is 0 Å². The number of rotatable bonds is 12. The molecule has 1 fully saturated rings. The molecule has 4 atom stereocenters. The molecule has 9 heteroatoms. The van der Waals surface area contributed by atoms with Gasteiger partial charge in [-0.1, -0.05) is 90.5 Å². The molecule has 5 rings (SSSR count). The van der Waals surface area contributed by atoms with Crippen molar-refractivity contribution < 1.29 is 23.7 Å². The number of ether oxygens (including phenoxy) is 4. The Hall–Kier alpha value is -4.21. The van der Waals surface area contributed by atoms with Crippen molar-refractivity contribution in [1.29, 1.82) is 0 Å². The third-order valence-electron chi connectivity index (χ3n) is 7.97. The van der Waals surface area contributed by atoms with Crippen LogP contribution in [0.25, 0.3) is 0 Å². The van der Waals surface area contributed by atoms with E-state index in [0.717, 1.165) is 22.3 Å². The van der Waals surface area contributed by atoms with E-state index in [1.807, 2.05) is 85.8 Å². The van der Waals surface area contributed by atoms with E-state index in [9.17, 15) is 4.79 Å². The van der Waals surface area contributed by atoms with Crippen LogP contribution in [0.15, 0.2) is 102 Å². The molecule has 0 amide bonds. The predicted octanol–water partition coefficient (Wildman–Crippen LogP) is 7.20. The average Bonchev–Trinajstić information content (AvgIpc) is 3.07. The molecule has 0 aromatic heterocycles. The van der Waals surface area contributed by atoms with E-state index in [0.29, 0.717) is 54.6 Å². The van der Waals surface area contributed by atoms with Gasteiger partial charge >= 0.3 is 5.97 Å². The van der Waals surface area contributed by atoms with E-state index in [1.54, 1.807) is 18.2 Å². The van der Waals surface area contributed by atoms with Gasteiger partial charge < -0.3 is 30.4 Å². The highest BCUT2D eigenvalue weighted by Gasteiger charge is 2.34. The van der Waals surface area contributed by atoms with Crippen LogP contribution >= 0.6 is 11.6 Å². The Kier molecular flexibility index (Phi) is 11.4. The maximum absolute atomic E-state index is 13.1. The number of aliphatic imine (C=N–C) groups is 1. The molecule has 0 aliphatic carbocycles. The van der Waals surface area contributed by atoms with Crippen LogP contribution < -0.4 is 11.5 Å². The quantitative estimate of drug-likeness (QED) is 0.0727. The lowest BCUT2D eigenvalue weighted by Gasteiger charge is -2.36. The van der Waals surface area contributed by atoms with Crippen LogP contribution in [0.3, 0.4) is 0 Å². The minimum Gasteiger partial charge on any atom is -0.468 e. The van der Waals surface area contributed by atoms with Gasteiger partial charge in [0.2, 0.25) is 0 Å². The van der Waals surface area contributed by atoms with E-state index in [1.165, 1.54) is 7.11 Å². The first-order chi connectivity index (χ1) is 22.3. The van der Waals surface area contributed by atoms with Crippen molar-refractivity contribution in [2.24, 2.45) is 10.7 Å². The Bertz CT molecular complexity index is 1630. The summed E-state index contributed by atoms with van der Waals surface area (Å²) in [7, 11) is 1.31. The molecule has 4 N–H and O–H groups in total. The van der Waals surface area contributed by atoms with Crippen LogP contribution in [0, 0.1) is 6.92 Å². The Balaban J connectivity index is 1.40. The molecule has 4 aromatic rings. The molecule has 8 nitrogen and oxygen atoms in total. The minimum absolute atomic E-state index is 0.0160. The van der Waals surface area contributed by atoms with E-state index < -0.39 is 11.9 Å². The Labute approximate surface area is 275 Å². The highest BCUT2D eigenvalue weighted by Crippen LogP contribution is 2.37. The van der Waals surface area contributed by atoms with E-state index in [4.69, 9.17) is 42.0 Å². The van der Waals surface area contributed by atoms with Crippen LogP contribution in [-0.4, -0.2) is 37.7 Å². The first-order valence-electron chi connectivity index (χ1n) is 15.3. The second kappa shape index (κ2) is 15.9. The Morgan fingerprint density at radius 2 is 1.65 bits per heavy atom. The number of carbonyl (C=O) groups excluding carboxylic acids is 1. The summed E-state index contributed by atoms with van der Waals surface area (Å²) in [6, 6.07) is 31.0. The first kappa shape index (κ1) is 33.2. The van der Waals surface area contributed by atoms with Crippen molar-refractivity contribution in [3.8, 4) is 0 Å². The molecule has 1 saturated heterocycles. The molecule has 1 aliphatic heterocycles. The van der Waals surface area contributed by atoms with Crippen molar-refractivity contribution in [3.05, 3.63) is 130 Å². The lowest BCUT2D eigenvalue weighted by atomic mass is 9.91. The third kappa shape index (κ3) is 8.73. The van der Waals surface area contributed by atoms with Crippen molar-refractivity contribution in [1.82, 2.24) is 0 Å². The summed E-state index contributed by atoms with van der Waals surface area (Å²) >= 11 is 6.70. The third-order valence-corrected chi connectivity index (χ3v) is 8.32. The number of nitrogens with two attached hydrogens (primary N) is 2. The molecule has 4 unspecified atom stereocenters. The number of nitrogen functional groups attached to an aromatic ring is 1. The van der Waals surface area contributed by atoms with Crippen molar-refractivity contribution in [2.45, 2.75) is 57.2 Å². The molecular formula is C37H40ClN3O5. The Morgan fingerprint density at radius 3 is 2.33 bits per heavy atom. The van der Waals surface area contributed by atoms with E-state index >= 15 is 0 Å². The fourth-order valence-electron chi connectivity index (χ4n) is 5.59. The zero-order valence-corrected chi connectivity index (χ0v) is 26.9. The number of halogens is 1. The van der Waals surface area contributed by atoms with Gasteiger partial charge in [0, 0.05) is 17.9 Å². The topological polar surface area (TPSA) is 118 Å². The minimum atomic E-state index is -1.06. The number of amidine groups is 1. The molecule has 1 aliphatic rings. The molecule has 4 aromatic carbocycles. The van der Waals surface area contributed by atoms with Gasteiger partial charge in [0.25, 0.3) is 0 Å². The number of hydrogen-bond acceptors (Lipinski definition) is 7. The fourth-order valence-corrected chi connectivity index (χ4v) is 5.82. The SMILES string of the molecule is COC(=O)C(C(N)=Nc1ccc(C)cc1N)c1cc(C2CC(OCc3ccccc3)CC(COCc3ccccc3)O2)ccc1Cl. The maximum Gasteiger partial charge on any atom is 0.320 e. The second-order valence-electron chi connectivity index (χ2n) is 11.5. The van der Waals surface area contributed by atoms with Crippen molar-refractivity contribution in [2.75, 3.05) is 19.5 Å². The average molecular weight is 642 g/mol. The molecule has 240 valence electrons. The summed E-state index contributed by atoms with van der Waals surface area (Å²) in [6.07, 6.45) is 0.641. The molecule has 46 heavy (non-hydrogen) atoms. The highest BCUT2D eigenvalue weighted by atomic mass is 35.5. The predicted molar refractivity (Wildman–Crippen MR) is 181 cm³/mol. The molecule has 0 saturated carbocycles. The number of anilines is 1. The number of hydrogen-bond donors (Lipinski definition) is 2. The summed E-state index contributed by atoms with van der Waals surface area (Å²) in [5, 5.41) is 0.351. The monoisotopic (exact) mass is 641 g/mol. The van der Waals surface area contributed by atoms with Gasteiger partial charge in [0.05, 0.1) is 56.6 Å². The van der Waals surface area contributed by atoms with Crippen LogP contribution in [0.5, 0.6) is 0 Å². The number of methoxy groups -OCH3 is 1. The zero-order valence-electron chi connectivity index (χ0n) is 26.1. The summed E-state index contributed by atoms with van der Waals surface area (Å²) in [4.78, 5) is 17.6. The van der Waals surface area contributed by atoms with Gasteiger partial charge in [-0.15, -0.1) is 0 Å². The standard InChI is InChI=1S/C37H40ClN3O5/c1-24-13-16-33(32(39)17-24)41-36(40)35(37(42)43-2)30-18-27(14-15-31(30)38)34-20-28(45-22-26-11-7-4-8-12-26)19-29(46-34)23-44-21-25-9-5-3-6-10-25/h3-18,28-29,34-35H,19-23,39H2,1-2H3,(H2,40,41). The number of benzene rings is 4. The molecular weight excluding hydrogens is 602 g/mol. The summed E-state index contributed by atoms with van der Waals surface area (Å²) < 4.78 is 24.2. The summed E-state index contributed by atoms with van der Waals surface area (Å²) in [6.45, 7) is 3.30. The maximum atomic E-state index is 13.1. The van der Waals surface area contributed by atoms with Crippen LogP contribution in [0.1, 0.15) is 52.7 Å². The fraction of sp³-hybridized carbons (Fsp3) is 0.297. The number of nitrogens with zero attached hydrogens (tertiary/aromatic N) is 1. The zero-order chi connectivity index (χ0) is 32.5. The van der Waals surface area contributed by atoms with Crippen LogP contribution in [0.4, 0.5) is 11.4 Å². The normalized spacial score (nSPS) is 19.0. The molecule has 0 spiro atoms. The smallest absolute Gasteiger partial charge is 0.320 e. The highest BCUT2D eigenvalue weighted by molar-refractivity contribution is 6.32. The van der Waals surface area contributed by atoms with Crippen LogP contribution in [-0.2, 0) is 37.0 Å². The molecule has 0 bridgehead atoms. The lowest BCUT2D eigenvalue weighted by Crippen LogP contribution is -2.36. The lowest BCUT2D eigenvalue weighted by molar-refractivity contribution is -0.142. The largest absolute Gasteiger partial charge is 0.468 e. The first-order valence-corrected chi connectivity index (χ1v) is 15.7. The number of esters is 1. The number of aryl methyl sites for hydroxylation is 1. The van der Waals surface area contributed by atoms with Gasteiger partial charge in [-0.2, -0.15) is 0 Å². The Morgan fingerprint density at radius 1 is 0.957 bits per heavy atom. The van der Waals surface area contributed by atoms with Crippen molar-refractivity contribution >= 4 is 34.8 Å². The summed E-state index contributed by atoms with van der Waals surface area (Å²) in [5.74, 6) is -1.63. The summed E-state index contributed by atoms with van der Waals surface area (Å²) in [5.41, 5.74) is 18.0. The molecule has 0 radical (unpaired) electrons. The van der Waals surface area contributed by atoms with Gasteiger partial charge in [-0.05, 0) is 52.9 Å². The molecule has 1 heterocycles. The van der Waals surface area contributed by atoms with E-state index in [-0.39, 0.29) is 24.1 Å².